The van der Waals surface area contributed by atoms with Crippen LogP contribution in [0, 0.1) is 12.8 Å². The van der Waals surface area contributed by atoms with Crippen molar-refractivity contribution in [3.63, 3.8) is 0 Å². The first-order valence-corrected chi connectivity index (χ1v) is 8.77. The van der Waals surface area contributed by atoms with Crippen LogP contribution in [-0.4, -0.2) is 55.7 Å². The lowest BCUT2D eigenvalue weighted by atomic mass is 9.97. The minimum absolute atomic E-state index is 0.234. The molecule has 0 bridgehead atoms. The van der Waals surface area contributed by atoms with E-state index in [1.807, 2.05) is 30.3 Å². The number of hydrogen-bond donors (Lipinski definition) is 1. The van der Waals surface area contributed by atoms with Crippen molar-refractivity contribution < 1.29 is 9.18 Å². The van der Waals surface area contributed by atoms with Gasteiger partial charge in [-0.05, 0) is 6.92 Å². The van der Waals surface area contributed by atoms with Gasteiger partial charge in [0, 0.05) is 36.7 Å². The molecule has 3 heterocycles. The highest BCUT2D eigenvalue weighted by atomic mass is 19.1. The molecule has 1 aliphatic heterocycles. The van der Waals surface area contributed by atoms with Crippen LogP contribution in [0.15, 0.2) is 42.7 Å². The van der Waals surface area contributed by atoms with Crippen molar-refractivity contribution in [2.45, 2.75) is 12.8 Å². The van der Waals surface area contributed by atoms with Gasteiger partial charge in [-0.15, -0.1) is 0 Å². The number of likely N-dealkylation sites (tertiary alicyclic amines) is 1. The number of aromatic amines is 1. The summed E-state index contributed by atoms with van der Waals surface area (Å²) >= 11 is 0. The number of carbonyl (C=O) groups excluding carboxylic acids is 1. The molecule has 27 heavy (non-hydrogen) atoms. The van der Waals surface area contributed by atoms with E-state index in [-0.39, 0.29) is 23.4 Å². The van der Waals surface area contributed by atoms with Gasteiger partial charge in [0.15, 0.2) is 5.82 Å². The second kappa shape index (κ2) is 7.22. The highest BCUT2D eigenvalue weighted by Crippen LogP contribution is 2.32. The van der Waals surface area contributed by atoms with Crippen molar-refractivity contribution in [1.29, 1.82) is 0 Å². The lowest BCUT2D eigenvalue weighted by molar-refractivity contribution is 0.0778. The van der Waals surface area contributed by atoms with Crippen LogP contribution >= 0.6 is 0 Å². The molecule has 0 saturated carbocycles. The minimum atomic E-state index is -0.532. The normalized spacial score (nSPS) is 19.4. The number of nitrogens with one attached hydrogen (secondary N) is 1. The van der Waals surface area contributed by atoms with Gasteiger partial charge in [-0.1, -0.05) is 30.3 Å². The van der Waals surface area contributed by atoms with Crippen LogP contribution in [0.2, 0.25) is 0 Å². The number of hydrogen-bond acceptors (Lipinski definition) is 5. The lowest BCUT2D eigenvalue weighted by Gasteiger charge is -2.15. The van der Waals surface area contributed by atoms with E-state index >= 15 is 0 Å². The van der Waals surface area contributed by atoms with E-state index in [1.165, 1.54) is 6.20 Å². The van der Waals surface area contributed by atoms with Crippen molar-refractivity contribution in [1.82, 2.24) is 30.0 Å². The quantitative estimate of drug-likeness (QED) is 0.766. The minimum Gasteiger partial charge on any atom is -0.336 e. The van der Waals surface area contributed by atoms with Gasteiger partial charge in [0.25, 0.3) is 5.91 Å². The summed E-state index contributed by atoms with van der Waals surface area (Å²) in [4.78, 5) is 27.1. The average molecular weight is 366 g/mol. The molecule has 8 heteroatoms. The Morgan fingerprint density at radius 3 is 2.74 bits per heavy atom. The number of halogens is 1. The predicted molar refractivity (Wildman–Crippen MR) is 96.7 cm³/mol. The molecule has 1 aliphatic rings. The van der Waals surface area contributed by atoms with E-state index in [1.54, 1.807) is 18.0 Å². The lowest BCUT2D eigenvalue weighted by Crippen LogP contribution is -2.30. The Bertz CT molecular complexity index is 927. The van der Waals surface area contributed by atoms with Gasteiger partial charge in [0.1, 0.15) is 11.5 Å². The number of aryl methyl sites for hydroxylation is 1. The molecule has 1 saturated heterocycles. The Morgan fingerprint density at radius 2 is 2.04 bits per heavy atom. The number of nitrogens with zero attached hydrogens (tertiary/aromatic N) is 5. The molecule has 1 fully saturated rings. The second-order valence-corrected chi connectivity index (χ2v) is 6.68. The van der Waals surface area contributed by atoms with Gasteiger partial charge in [-0.3, -0.25) is 19.3 Å². The SMILES string of the molecule is Cc1cnc(C(=O)N2C[C@@H](CF)[C@H](c3nc(-c4ccccc4)n[nH]3)C2)cn1. The maximum atomic E-state index is 13.6. The third-order valence-electron chi connectivity index (χ3n) is 4.81. The van der Waals surface area contributed by atoms with Gasteiger partial charge in [0.2, 0.25) is 0 Å². The van der Waals surface area contributed by atoms with Crippen LogP contribution in [-0.2, 0) is 0 Å². The zero-order valence-electron chi connectivity index (χ0n) is 14.8. The van der Waals surface area contributed by atoms with E-state index in [0.29, 0.717) is 24.7 Å². The Morgan fingerprint density at radius 1 is 1.22 bits per heavy atom. The maximum absolute atomic E-state index is 13.6. The van der Waals surface area contributed by atoms with Crippen molar-refractivity contribution in [3.8, 4) is 11.4 Å². The standard InChI is InChI=1S/C19H19FN6O/c1-12-8-22-16(9-21-12)19(27)26-10-14(7-20)15(11-26)18-23-17(24-25-18)13-5-3-2-4-6-13/h2-6,8-9,14-15H,7,10-11H2,1H3,(H,23,24,25)/t14-,15-/m1/s1. The summed E-state index contributed by atoms with van der Waals surface area (Å²) in [7, 11) is 0. The maximum Gasteiger partial charge on any atom is 0.274 e. The Labute approximate surface area is 155 Å². The van der Waals surface area contributed by atoms with Crippen LogP contribution in [0.25, 0.3) is 11.4 Å². The van der Waals surface area contributed by atoms with Gasteiger partial charge >= 0.3 is 0 Å². The molecular weight excluding hydrogens is 347 g/mol. The fourth-order valence-corrected chi connectivity index (χ4v) is 3.32. The Kier molecular flexibility index (Phi) is 4.62. The smallest absolute Gasteiger partial charge is 0.274 e. The predicted octanol–water partition coefficient (Wildman–Crippen LogP) is 2.40. The largest absolute Gasteiger partial charge is 0.336 e. The summed E-state index contributed by atoms with van der Waals surface area (Å²) in [6.07, 6.45) is 3.01. The molecule has 1 N–H and O–H groups in total. The summed E-state index contributed by atoms with van der Waals surface area (Å²) in [5.74, 6) is 0.358. The number of amides is 1. The fourth-order valence-electron chi connectivity index (χ4n) is 3.32. The van der Waals surface area contributed by atoms with Gasteiger partial charge < -0.3 is 4.90 Å². The monoisotopic (exact) mass is 366 g/mol. The first-order valence-electron chi connectivity index (χ1n) is 8.77. The molecule has 7 nitrogen and oxygen atoms in total. The van der Waals surface area contributed by atoms with E-state index in [4.69, 9.17) is 0 Å². The number of H-pyrrole nitrogens is 1. The third-order valence-corrected chi connectivity index (χ3v) is 4.81. The van der Waals surface area contributed by atoms with E-state index in [2.05, 4.69) is 25.1 Å². The summed E-state index contributed by atoms with van der Waals surface area (Å²) in [5.41, 5.74) is 1.89. The zero-order valence-corrected chi connectivity index (χ0v) is 14.8. The highest BCUT2D eigenvalue weighted by molar-refractivity contribution is 5.92. The number of rotatable bonds is 4. The third kappa shape index (κ3) is 3.42. The topological polar surface area (TPSA) is 87.7 Å². The van der Waals surface area contributed by atoms with Gasteiger partial charge in [-0.2, -0.15) is 5.10 Å². The van der Waals surface area contributed by atoms with Crippen molar-refractivity contribution in [3.05, 3.63) is 59.9 Å². The Balaban J connectivity index is 1.54. The van der Waals surface area contributed by atoms with E-state index in [9.17, 15) is 9.18 Å². The van der Waals surface area contributed by atoms with E-state index in [0.717, 1.165) is 11.3 Å². The summed E-state index contributed by atoms with van der Waals surface area (Å²) in [6, 6.07) is 9.58. The van der Waals surface area contributed by atoms with Crippen LogP contribution in [0.5, 0.6) is 0 Å². The number of benzene rings is 1. The molecular formula is C19H19FN6O. The molecule has 1 amide bonds. The summed E-state index contributed by atoms with van der Waals surface area (Å²) < 4.78 is 13.6. The van der Waals surface area contributed by atoms with Gasteiger partial charge in [-0.25, -0.2) is 9.97 Å². The van der Waals surface area contributed by atoms with Crippen LogP contribution in [0.1, 0.15) is 27.9 Å². The number of aromatic nitrogens is 5. The molecule has 2 atom stereocenters. The van der Waals surface area contributed by atoms with Crippen molar-refractivity contribution >= 4 is 5.91 Å². The molecule has 1 aromatic carbocycles. The van der Waals surface area contributed by atoms with Gasteiger partial charge in [0.05, 0.1) is 18.6 Å². The summed E-state index contributed by atoms with van der Waals surface area (Å²) in [5, 5.41) is 7.18. The number of alkyl halides is 1. The number of carbonyl (C=O) groups is 1. The van der Waals surface area contributed by atoms with Crippen LogP contribution in [0.4, 0.5) is 4.39 Å². The zero-order chi connectivity index (χ0) is 18.8. The van der Waals surface area contributed by atoms with E-state index < -0.39 is 6.67 Å². The second-order valence-electron chi connectivity index (χ2n) is 6.68. The summed E-state index contributed by atoms with van der Waals surface area (Å²) in [6.45, 7) is 1.96. The Hall–Kier alpha value is -3.16. The molecule has 2 aromatic heterocycles. The van der Waals surface area contributed by atoms with Crippen molar-refractivity contribution in [2.75, 3.05) is 19.8 Å². The molecule has 138 valence electrons. The molecule has 0 radical (unpaired) electrons. The van der Waals surface area contributed by atoms with Crippen LogP contribution < -0.4 is 0 Å². The van der Waals surface area contributed by atoms with Crippen molar-refractivity contribution in [2.24, 2.45) is 5.92 Å². The molecule has 0 unspecified atom stereocenters. The highest BCUT2D eigenvalue weighted by Gasteiger charge is 2.38. The fraction of sp³-hybridized carbons (Fsp3) is 0.316. The molecule has 3 aromatic rings. The molecule has 4 rings (SSSR count). The molecule has 0 aliphatic carbocycles. The van der Waals surface area contributed by atoms with Crippen LogP contribution in [0.3, 0.4) is 0 Å². The first kappa shape index (κ1) is 17.3. The average Bonchev–Trinajstić information content (AvgIpc) is 3.35. The molecule has 0 spiro atoms. The first-order chi connectivity index (χ1) is 13.2.